The maximum atomic E-state index is 13.2. The summed E-state index contributed by atoms with van der Waals surface area (Å²) in [5, 5.41) is 3.35. The quantitative estimate of drug-likeness (QED) is 0.752. The van der Waals surface area contributed by atoms with Crippen LogP contribution in [-0.2, 0) is 14.3 Å². The van der Waals surface area contributed by atoms with Gasteiger partial charge in [0.1, 0.15) is 0 Å². The van der Waals surface area contributed by atoms with Crippen molar-refractivity contribution >= 4 is 17.4 Å². The number of nitrogens with one attached hydrogen (secondary N) is 1. The number of methoxy groups -OCH3 is 1. The number of hydrogen-bond acceptors (Lipinski definition) is 5. The van der Waals surface area contributed by atoms with E-state index in [9.17, 15) is 9.59 Å². The van der Waals surface area contributed by atoms with Gasteiger partial charge in [0.15, 0.2) is 5.78 Å². The van der Waals surface area contributed by atoms with Crippen LogP contribution >= 0.6 is 0 Å². The summed E-state index contributed by atoms with van der Waals surface area (Å²) in [7, 11) is 1.39. The summed E-state index contributed by atoms with van der Waals surface area (Å²) in [4.78, 5) is 28.1. The van der Waals surface area contributed by atoms with Crippen LogP contribution in [0.4, 0.5) is 5.69 Å². The number of nitrogens with zero attached hydrogens (tertiary/aromatic N) is 1. The highest BCUT2D eigenvalue weighted by molar-refractivity contribution is 6.04. The summed E-state index contributed by atoms with van der Waals surface area (Å²) in [6.45, 7) is 12.2. The van der Waals surface area contributed by atoms with Gasteiger partial charge in [0.2, 0.25) is 0 Å². The Bertz CT molecular complexity index is 874. The Labute approximate surface area is 173 Å². The molecule has 0 spiro atoms. The average Bonchev–Trinajstić information content (AvgIpc) is 2.67. The van der Waals surface area contributed by atoms with Crippen molar-refractivity contribution in [1.82, 2.24) is 5.32 Å². The molecule has 0 radical (unpaired) electrons. The van der Waals surface area contributed by atoms with Crippen molar-refractivity contribution < 1.29 is 14.3 Å². The first kappa shape index (κ1) is 21.2. The molecule has 1 aliphatic heterocycles. The first-order chi connectivity index (χ1) is 13.7. The fourth-order valence-electron chi connectivity index (χ4n) is 4.62. The molecule has 0 saturated carbocycles. The molecule has 29 heavy (non-hydrogen) atoms. The molecule has 1 aliphatic carbocycles. The fourth-order valence-corrected chi connectivity index (χ4v) is 4.62. The van der Waals surface area contributed by atoms with Crippen LogP contribution in [0.1, 0.15) is 58.9 Å². The monoisotopic (exact) mass is 396 g/mol. The lowest BCUT2D eigenvalue weighted by Crippen LogP contribution is -2.38. The van der Waals surface area contributed by atoms with E-state index in [-0.39, 0.29) is 11.2 Å². The molecule has 5 nitrogen and oxygen atoms in total. The van der Waals surface area contributed by atoms with Crippen LogP contribution in [0.2, 0.25) is 0 Å². The molecule has 1 N–H and O–H groups in total. The number of ketones is 1. The molecule has 0 saturated heterocycles. The van der Waals surface area contributed by atoms with E-state index in [0.717, 1.165) is 42.2 Å². The van der Waals surface area contributed by atoms with E-state index in [1.165, 1.54) is 7.11 Å². The number of ether oxygens (including phenoxy) is 1. The number of esters is 1. The van der Waals surface area contributed by atoms with Crippen molar-refractivity contribution in [3.63, 3.8) is 0 Å². The number of carbonyl (C=O) groups is 2. The van der Waals surface area contributed by atoms with Gasteiger partial charge in [-0.1, -0.05) is 26.0 Å². The number of allylic oxidation sites excluding steroid dienone is 3. The highest BCUT2D eigenvalue weighted by Crippen LogP contribution is 2.46. The zero-order valence-electron chi connectivity index (χ0n) is 18.4. The van der Waals surface area contributed by atoms with Gasteiger partial charge in [0, 0.05) is 48.1 Å². The number of hydrogen-bond donors (Lipinski definition) is 1. The molecule has 1 aromatic rings. The van der Waals surface area contributed by atoms with Crippen LogP contribution in [0.25, 0.3) is 0 Å². The number of rotatable bonds is 5. The number of carbonyl (C=O) groups excluding carboxylic acids is 2. The minimum Gasteiger partial charge on any atom is -0.466 e. The Kier molecular flexibility index (Phi) is 5.87. The van der Waals surface area contributed by atoms with Crippen molar-refractivity contribution in [2.24, 2.45) is 5.41 Å². The zero-order chi connectivity index (χ0) is 21.3. The summed E-state index contributed by atoms with van der Waals surface area (Å²) in [6.07, 6.45) is 1.27. The maximum Gasteiger partial charge on any atom is 0.336 e. The van der Waals surface area contributed by atoms with E-state index >= 15 is 0 Å². The van der Waals surface area contributed by atoms with Crippen LogP contribution < -0.4 is 10.2 Å². The van der Waals surface area contributed by atoms with E-state index in [1.807, 2.05) is 19.1 Å². The Hall–Kier alpha value is -2.56. The van der Waals surface area contributed by atoms with E-state index in [0.29, 0.717) is 17.6 Å². The largest absolute Gasteiger partial charge is 0.466 e. The molecule has 0 amide bonds. The molecule has 1 unspecified atom stereocenters. The van der Waals surface area contributed by atoms with Crippen molar-refractivity contribution in [3.05, 3.63) is 52.4 Å². The lowest BCUT2D eigenvalue weighted by Gasteiger charge is -2.39. The Morgan fingerprint density at radius 2 is 1.79 bits per heavy atom. The van der Waals surface area contributed by atoms with Crippen LogP contribution in [0.3, 0.4) is 0 Å². The molecule has 156 valence electrons. The predicted molar refractivity (Wildman–Crippen MR) is 116 cm³/mol. The summed E-state index contributed by atoms with van der Waals surface area (Å²) in [5.41, 5.74) is 4.93. The smallest absolute Gasteiger partial charge is 0.336 e. The molecule has 3 rings (SSSR count). The second kappa shape index (κ2) is 8.05. The van der Waals surface area contributed by atoms with Crippen LogP contribution in [-0.4, -0.2) is 32.0 Å². The van der Waals surface area contributed by atoms with E-state index < -0.39 is 11.9 Å². The highest BCUT2D eigenvalue weighted by atomic mass is 16.5. The van der Waals surface area contributed by atoms with Gasteiger partial charge in [-0.2, -0.15) is 0 Å². The molecular weight excluding hydrogens is 364 g/mol. The van der Waals surface area contributed by atoms with Gasteiger partial charge in [-0.3, -0.25) is 4.79 Å². The molecule has 5 heteroatoms. The van der Waals surface area contributed by atoms with Gasteiger partial charge in [0.05, 0.1) is 12.7 Å². The third-order valence-electron chi connectivity index (χ3n) is 6.00. The van der Waals surface area contributed by atoms with Gasteiger partial charge < -0.3 is 15.0 Å². The van der Waals surface area contributed by atoms with Crippen molar-refractivity contribution in [2.45, 2.75) is 53.4 Å². The minimum atomic E-state index is -0.395. The summed E-state index contributed by atoms with van der Waals surface area (Å²) < 4.78 is 5.09. The fraction of sp³-hybridized carbons (Fsp3) is 0.500. The molecule has 0 aromatic heterocycles. The summed E-state index contributed by atoms with van der Waals surface area (Å²) in [5.74, 6) is -0.680. The Morgan fingerprint density at radius 3 is 2.34 bits per heavy atom. The Morgan fingerprint density at radius 1 is 1.17 bits per heavy atom. The lowest BCUT2D eigenvalue weighted by molar-refractivity contribution is -0.136. The number of anilines is 1. The summed E-state index contributed by atoms with van der Waals surface area (Å²) in [6, 6.07) is 8.23. The number of dihydropyridines is 1. The number of benzene rings is 1. The molecule has 0 bridgehead atoms. The first-order valence-electron chi connectivity index (χ1n) is 10.4. The van der Waals surface area contributed by atoms with E-state index in [4.69, 9.17) is 4.74 Å². The Balaban J connectivity index is 2.12. The van der Waals surface area contributed by atoms with Crippen LogP contribution in [0.5, 0.6) is 0 Å². The third kappa shape index (κ3) is 3.96. The van der Waals surface area contributed by atoms with Crippen LogP contribution in [0, 0.1) is 5.41 Å². The van der Waals surface area contributed by atoms with Crippen molar-refractivity contribution in [1.29, 1.82) is 0 Å². The lowest BCUT2D eigenvalue weighted by atomic mass is 9.68. The van der Waals surface area contributed by atoms with Gasteiger partial charge in [-0.15, -0.1) is 0 Å². The normalized spacial score (nSPS) is 20.9. The molecule has 0 fully saturated rings. The van der Waals surface area contributed by atoms with Gasteiger partial charge in [0.25, 0.3) is 0 Å². The van der Waals surface area contributed by atoms with Gasteiger partial charge in [-0.05, 0) is 50.3 Å². The van der Waals surface area contributed by atoms with Crippen molar-refractivity contribution in [2.75, 3.05) is 25.1 Å². The van der Waals surface area contributed by atoms with E-state index in [1.54, 1.807) is 0 Å². The molecule has 1 atom stereocenters. The second-order valence-electron chi connectivity index (χ2n) is 8.69. The SMILES string of the molecule is CCN(CC)c1ccc(C2C(C(=O)OC)=C(C)NC3=C2C(=O)CC(C)(C)C3)cc1. The predicted octanol–water partition coefficient (Wildman–Crippen LogP) is 4.31. The van der Waals surface area contributed by atoms with E-state index in [2.05, 4.69) is 50.0 Å². The number of Topliss-reactive ketones (excluding diaryl/α,β-unsaturated/α-hetero) is 1. The van der Waals surface area contributed by atoms with Crippen molar-refractivity contribution in [3.8, 4) is 0 Å². The molecular formula is C24H32N2O3. The standard InChI is InChI=1S/C24H32N2O3/c1-7-26(8-2)17-11-9-16(10-12-17)21-20(23(28)29-6)15(3)25-18-13-24(4,5)14-19(27)22(18)21/h9-12,21,25H,7-8,13-14H2,1-6H3. The minimum absolute atomic E-state index is 0.0941. The van der Waals surface area contributed by atoms with Gasteiger partial charge >= 0.3 is 5.97 Å². The van der Waals surface area contributed by atoms with Crippen LogP contribution in [0.15, 0.2) is 46.8 Å². The zero-order valence-corrected chi connectivity index (χ0v) is 18.4. The third-order valence-corrected chi connectivity index (χ3v) is 6.00. The van der Waals surface area contributed by atoms with Gasteiger partial charge in [-0.25, -0.2) is 4.79 Å². The first-order valence-corrected chi connectivity index (χ1v) is 10.4. The topological polar surface area (TPSA) is 58.6 Å². The molecule has 1 heterocycles. The maximum absolute atomic E-state index is 13.2. The summed E-state index contributed by atoms with van der Waals surface area (Å²) >= 11 is 0. The molecule has 2 aliphatic rings. The molecule has 1 aromatic carbocycles. The second-order valence-corrected chi connectivity index (χ2v) is 8.69. The highest BCUT2D eigenvalue weighted by Gasteiger charge is 2.42. The average molecular weight is 397 g/mol.